The Balaban J connectivity index is 2.08. The molecule has 1 aliphatic heterocycles. The molecule has 2 amide bonds. The van der Waals surface area contributed by atoms with Crippen LogP contribution in [0.2, 0.25) is 0 Å². The number of nitrogens with one attached hydrogen (secondary N) is 1. The molecule has 132 valence electrons. The predicted molar refractivity (Wildman–Crippen MR) is 95.1 cm³/mol. The first-order chi connectivity index (χ1) is 11.6. The van der Waals surface area contributed by atoms with Gasteiger partial charge in [0, 0.05) is 18.8 Å². The molecule has 0 aromatic heterocycles. The lowest BCUT2D eigenvalue weighted by atomic mass is 9.98. The predicted octanol–water partition coefficient (Wildman–Crippen LogP) is 3.62. The minimum absolute atomic E-state index is 0.125. The van der Waals surface area contributed by atoms with Crippen molar-refractivity contribution in [3.05, 3.63) is 29.3 Å². The Kier molecular flexibility index (Phi) is 6.64. The van der Waals surface area contributed by atoms with Crippen LogP contribution in [-0.2, 0) is 22.4 Å². The van der Waals surface area contributed by atoms with E-state index in [1.54, 1.807) is 11.8 Å². The van der Waals surface area contributed by atoms with Gasteiger partial charge in [-0.25, -0.2) is 4.79 Å². The molecule has 1 atom stereocenters. The second kappa shape index (κ2) is 8.71. The summed E-state index contributed by atoms with van der Waals surface area (Å²) in [5.74, 6) is -0.408. The maximum Gasteiger partial charge on any atom is 0.321 e. The number of para-hydroxylation sites is 1. The van der Waals surface area contributed by atoms with E-state index in [9.17, 15) is 9.59 Å². The highest BCUT2D eigenvalue weighted by molar-refractivity contribution is 5.91. The van der Waals surface area contributed by atoms with Gasteiger partial charge in [-0.3, -0.25) is 4.79 Å². The van der Waals surface area contributed by atoms with E-state index in [0.717, 1.165) is 42.5 Å². The summed E-state index contributed by atoms with van der Waals surface area (Å²) >= 11 is 0. The molecule has 0 radical (unpaired) electrons. The van der Waals surface area contributed by atoms with E-state index >= 15 is 0 Å². The molecule has 0 saturated carbocycles. The molecule has 1 saturated heterocycles. The summed E-state index contributed by atoms with van der Waals surface area (Å²) < 4.78 is 5.10. The molecule has 0 bridgehead atoms. The van der Waals surface area contributed by atoms with E-state index in [1.165, 1.54) is 0 Å². The third kappa shape index (κ3) is 4.28. The summed E-state index contributed by atoms with van der Waals surface area (Å²) in [7, 11) is 0. The van der Waals surface area contributed by atoms with Crippen molar-refractivity contribution in [2.75, 3.05) is 25.0 Å². The highest BCUT2D eigenvalue weighted by Gasteiger charge is 2.29. The van der Waals surface area contributed by atoms with Gasteiger partial charge in [-0.1, -0.05) is 32.0 Å². The Morgan fingerprint density at radius 1 is 1.21 bits per heavy atom. The Labute approximate surface area is 144 Å². The SMILES string of the molecule is CCOC(=O)C1CCCN(C(=O)Nc2c(CC)cccc2CC)C1. The van der Waals surface area contributed by atoms with Gasteiger partial charge in [-0.2, -0.15) is 0 Å². The smallest absolute Gasteiger partial charge is 0.321 e. The number of likely N-dealkylation sites (tertiary alicyclic amines) is 1. The van der Waals surface area contributed by atoms with E-state index in [-0.39, 0.29) is 17.9 Å². The molecule has 0 aliphatic carbocycles. The van der Waals surface area contributed by atoms with Gasteiger partial charge in [-0.15, -0.1) is 0 Å². The second-order valence-corrected chi connectivity index (χ2v) is 6.13. The monoisotopic (exact) mass is 332 g/mol. The molecule has 2 rings (SSSR count). The maximum absolute atomic E-state index is 12.7. The van der Waals surface area contributed by atoms with E-state index < -0.39 is 0 Å². The molecule has 1 heterocycles. The van der Waals surface area contributed by atoms with Gasteiger partial charge in [0.1, 0.15) is 0 Å². The highest BCUT2D eigenvalue weighted by Crippen LogP contribution is 2.24. The number of carbonyl (C=O) groups excluding carboxylic acids is 2. The lowest BCUT2D eigenvalue weighted by molar-refractivity contribution is -0.149. The van der Waals surface area contributed by atoms with Gasteiger partial charge < -0.3 is 15.0 Å². The number of urea groups is 1. The fraction of sp³-hybridized carbons (Fsp3) is 0.579. The van der Waals surface area contributed by atoms with Crippen LogP contribution < -0.4 is 5.32 Å². The zero-order chi connectivity index (χ0) is 17.5. The standard InChI is InChI=1S/C19H28N2O3/c1-4-14-9-7-10-15(5-2)17(14)20-19(23)21-12-8-11-16(13-21)18(22)24-6-3/h7,9-10,16H,4-6,8,11-13H2,1-3H3,(H,20,23). The number of hydrogen-bond acceptors (Lipinski definition) is 3. The zero-order valence-electron chi connectivity index (χ0n) is 14.9. The normalized spacial score (nSPS) is 17.5. The first kappa shape index (κ1) is 18.3. The molecule has 1 aromatic rings. The largest absolute Gasteiger partial charge is 0.466 e. The summed E-state index contributed by atoms with van der Waals surface area (Å²) in [5.41, 5.74) is 3.20. The Morgan fingerprint density at radius 2 is 1.88 bits per heavy atom. The average Bonchev–Trinajstić information content (AvgIpc) is 2.62. The number of rotatable bonds is 5. The molecule has 5 nitrogen and oxygen atoms in total. The van der Waals surface area contributed by atoms with Crippen molar-refractivity contribution in [1.29, 1.82) is 0 Å². The van der Waals surface area contributed by atoms with Crippen molar-refractivity contribution >= 4 is 17.7 Å². The van der Waals surface area contributed by atoms with Crippen molar-refractivity contribution in [3.63, 3.8) is 0 Å². The number of amides is 2. The first-order valence-electron chi connectivity index (χ1n) is 8.93. The molecule has 5 heteroatoms. The van der Waals surface area contributed by atoms with Crippen LogP contribution in [0.3, 0.4) is 0 Å². The fourth-order valence-corrected chi connectivity index (χ4v) is 3.20. The number of hydrogen-bond donors (Lipinski definition) is 1. The third-order valence-electron chi connectivity index (χ3n) is 4.56. The van der Waals surface area contributed by atoms with Crippen molar-refractivity contribution in [1.82, 2.24) is 4.90 Å². The molecule has 1 unspecified atom stereocenters. The highest BCUT2D eigenvalue weighted by atomic mass is 16.5. The minimum atomic E-state index is -0.212. The van der Waals surface area contributed by atoms with Crippen LogP contribution in [0, 0.1) is 5.92 Å². The number of ether oxygens (including phenoxy) is 1. The second-order valence-electron chi connectivity index (χ2n) is 6.13. The van der Waals surface area contributed by atoms with E-state index in [0.29, 0.717) is 19.7 Å². The molecule has 24 heavy (non-hydrogen) atoms. The van der Waals surface area contributed by atoms with Gasteiger partial charge >= 0.3 is 12.0 Å². The quantitative estimate of drug-likeness (QED) is 0.838. The molecular weight excluding hydrogens is 304 g/mol. The summed E-state index contributed by atoms with van der Waals surface area (Å²) in [6.07, 6.45) is 3.35. The summed E-state index contributed by atoms with van der Waals surface area (Å²) in [4.78, 5) is 26.4. The number of anilines is 1. The van der Waals surface area contributed by atoms with Gasteiger partial charge in [0.25, 0.3) is 0 Å². The van der Waals surface area contributed by atoms with Crippen LogP contribution in [-0.4, -0.2) is 36.6 Å². The lowest BCUT2D eigenvalue weighted by Gasteiger charge is -2.32. The first-order valence-corrected chi connectivity index (χ1v) is 8.93. The number of esters is 1. The third-order valence-corrected chi connectivity index (χ3v) is 4.56. The van der Waals surface area contributed by atoms with Crippen LogP contribution in [0.1, 0.15) is 44.7 Å². The van der Waals surface area contributed by atoms with Crippen LogP contribution in [0.25, 0.3) is 0 Å². The van der Waals surface area contributed by atoms with Gasteiger partial charge in [0.05, 0.1) is 12.5 Å². The molecule has 0 spiro atoms. The average molecular weight is 332 g/mol. The Hall–Kier alpha value is -2.04. The Bertz CT molecular complexity index is 564. The van der Waals surface area contributed by atoms with E-state index in [1.807, 2.05) is 18.2 Å². The number of aryl methyl sites for hydroxylation is 2. The van der Waals surface area contributed by atoms with Crippen molar-refractivity contribution in [2.24, 2.45) is 5.92 Å². The fourth-order valence-electron chi connectivity index (χ4n) is 3.20. The van der Waals surface area contributed by atoms with Gasteiger partial charge in [0.15, 0.2) is 0 Å². The number of benzene rings is 1. The van der Waals surface area contributed by atoms with Crippen molar-refractivity contribution in [2.45, 2.75) is 46.5 Å². The van der Waals surface area contributed by atoms with Crippen molar-refractivity contribution in [3.8, 4) is 0 Å². The summed E-state index contributed by atoms with van der Waals surface area (Å²) in [5, 5.41) is 3.08. The van der Waals surface area contributed by atoms with Crippen LogP contribution in [0.5, 0.6) is 0 Å². The molecule has 1 N–H and O–H groups in total. The van der Waals surface area contributed by atoms with Crippen LogP contribution >= 0.6 is 0 Å². The maximum atomic E-state index is 12.7. The number of carbonyl (C=O) groups is 2. The van der Waals surface area contributed by atoms with E-state index in [4.69, 9.17) is 4.74 Å². The molecule has 1 aliphatic rings. The van der Waals surface area contributed by atoms with Gasteiger partial charge in [-0.05, 0) is 43.7 Å². The topological polar surface area (TPSA) is 58.6 Å². The number of piperidine rings is 1. The molecule has 1 fully saturated rings. The minimum Gasteiger partial charge on any atom is -0.466 e. The lowest BCUT2D eigenvalue weighted by Crippen LogP contribution is -2.44. The van der Waals surface area contributed by atoms with Crippen LogP contribution in [0.4, 0.5) is 10.5 Å². The molecular formula is C19H28N2O3. The van der Waals surface area contributed by atoms with Crippen LogP contribution in [0.15, 0.2) is 18.2 Å². The van der Waals surface area contributed by atoms with Gasteiger partial charge in [0.2, 0.25) is 0 Å². The number of nitrogens with zero attached hydrogens (tertiary/aromatic N) is 1. The molecule has 1 aromatic carbocycles. The Morgan fingerprint density at radius 3 is 2.46 bits per heavy atom. The van der Waals surface area contributed by atoms with E-state index in [2.05, 4.69) is 19.2 Å². The summed E-state index contributed by atoms with van der Waals surface area (Å²) in [6, 6.07) is 6.00. The summed E-state index contributed by atoms with van der Waals surface area (Å²) in [6.45, 7) is 7.46. The van der Waals surface area contributed by atoms with Crippen molar-refractivity contribution < 1.29 is 14.3 Å². The zero-order valence-corrected chi connectivity index (χ0v) is 14.9.